The molecule has 2 rings (SSSR count). The minimum Gasteiger partial charge on any atom is -0.497 e. The Hall–Kier alpha value is -1.70. The first-order chi connectivity index (χ1) is 11.3. The summed E-state index contributed by atoms with van der Waals surface area (Å²) in [7, 11) is 3.47. The summed E-state index contributed by atoms with van der Waals surface area (Å²) in [5.74, 6) is 2.70. The Labute approximate surface area is 160 Å². The third kappa shape index (κ3) is 7.25. The summed E-state index contributed by atoms with van der Waals surface area (Å²) in [5, 5.41) is 6.61. The van der Waals surface area contributed by atoms with Crippen molar-refractivity contribution in [1.82, 2.24) is 10.6 Å². The normalized spacial score (nSPS) is 10.8. The van der Waals surface area contributed by atoms with Crippen molar-refractivity contribution in [3.63, 3.8) is 0 Å². The maximum atomic E-state index is 5.30. The lowest BCUT2D eigenvalue weighted by atomic mass is 10.1. The number of furan rings is 1. The van der Waals surface area contributed by atoms with E-state index in [1.54, 1.807) is 20.4 Å². The molecule has 1 aromatic heterocycles. The maximum absolute atomic E-state index is 5.30. The predicted octanol–water partition coefficient (Wildman–Crippen LogP) is 3.25. The summed E-state index contributed by atoms with van der Waals surface area (Å²) in [4.78, 5) is 4.22. The fourth-order valence-corrected chi connectivity index (χ4v) is 2.27. The number of nitrogens with one attached hydrogen (secondary N) is 2. The molecule has 0 bridgehead atoms. The number of hydrogen-bond donors (Lipinski definition) is 2. The largest absolute Gasteiger partial charge is 0.497 e. The van der Waals surface area contributed by atoms with Crippen molar-refractivity contribution in [1.29, 1.82) is 0 Å². The van der Waals surface area contributed by atoms with Gasteiger partial charge in [0.05, 0.1) is 13.4 Å². The molecule has 0 spiro atoms. The van der Waals surface area contributed by atoms with Crippen LogP contribution >= 0.6 is 24.0 Å². The molecule has 1 aromatic carbocycles. The van der Waals surface area contributed by atoms with Crippen molar-refractivity contribution in [2.24, 2.45) is 4.99 Å². The van der Waals surface area contributed by atoms with Crippen LogP contribution in [-0.2, 0) is 12.8 Å². The second-order valence-corrected chi connectivity index (χ2v) is 5.21. The van der Waals surface area contributed by atoms with Crippen LogP contribution in [0.5, 0.6) is 5.75 Å². The molecule has 0 saturated carbocycles. The molecule has 0 aliphatic rings. The molecule has 0 amide bonds. The quantitative estimate of drug-likeness (QED) is 0.285. The lowest BCUT2D eigenvalue weighted by Gasteiger charge is -2.11. The maximum Gasteiger partial charge on any atom is 0.190 e. The number of nitrogens with zero attached hydrogens (tertiary/aromatic N) is 1. The highest BCUT2D eigenvalue weighted by molar-refractivity contribution is 14.0. The van der Waals surface area contributed by atoms with Gasteiger partial charge in [-0.15, -0.1) is 24.0 Å². The molecule has 5 nitrogen and oxygen atoms in total. The van der Waals surface area contributed by atoms with Crippen molar-refractivity contribution >= 4 is 29.9 Å². The first kappa shape index (κ1) is 20.3. The van der Waals surface area contributed by atoms with E-state index in [-0.39, 0.29) is 24.0 Å². The van der Waals surface area contributed by atoms with E-state index in [2.05, 4.69) is 27.8 Å². The van der Waals surface area contributed by atoms with Crippen molar-refractivity contribution in [2.45, 2.75) is 19.3 Å². The van der Waals surface area contributed by atoms with Gasteiger partial charge >= 0.3 is 0 Å². The van der Waals surface area contributed by atoms with Gasteiger partial charge in [0.25, 0.3) is 0 Å². The molecule has 0 atom stereocenters. The lowest BCUT2D eigenvalue weighted by molar-refractivity contribution is 0.414. The Bertz CT molecular complexity index is 583. The number of rotatable bonds is 8. The SMILES string of the molecule is CN=C(NCCCc1ccc(OC)cc1)NCCc1ccco1.I. The number of hydrogen-bond acceptors (Lipinski definition) is 3. The highest BCUT2D eigenvalue weighted by atomic mass is 127. The molecule has 1 heterocycles. The standard InChI is InChI=1S/C18H25N3O2.HI/c1-19-18(21-13-11-17-6-4-14-23-17)20-12-3-5-15-7-9-16(22-2)10-8-15;/h4,6-10,14H,3,5,11-13H2,1-2H3,(H2,19,20,21);1H. The zero-order valence-electron chi connectivity index (χ0n) is 14.2. The van der Waals surface area contributed by atoms with Gasteiger partial charge in [-0.1, -0.05) is 12.1 Å². The number of benzene rings is 1. The Balaban J connectivity index is 0.00000288. The monoisotopic (exact) mass is 443 g/mol. The number of aryl methyl sites for hydroxylation is 1. The summed E-state index contributed by atoms with van der Waals surface area (Å²) >= 11 is 0. The van der Waals surface area contributed by atoms with Crippen LogP contribution in [0.1, 0.15) is 17.7 Å². The summed E-state index contributed by atoms with van der Waals surface area (Å²) in [6, 6.07) is 12.1. The van der Waals surface area contributed by atoms with Gasteiger partial charge in [0.2, 0.25) is 0 Å². The summed E-state index contributed by atoms with van der Waals surface area (Å²) in [5.41, 5.74) is 1.31. The average Bonchev–Trinajstić information content (AvgIpc) is 3.11. The zero-order valence-corrected chi connectivity index (χ0v) is 16.6. The molecule has 0 aliphatic heterocycles. The highest BCUT2D eigenvalue weighted by Gasteiger charge is 2.00. The lowest BCUT2D eigenvalue weighted by Crippen LogP contribution is -2.38. The topological polar surface area (TPSA) is 58.8 Å². The minimum absolute atomic E-state index is 0. The van der Waals surface area contributed by atoms with Gasteiger partial charge in [0.15, 0.2) is 5.96 Å². The van der Waals surface area contributed by atoms with Crippen LogP contribution in [0.2, 0.25) is 0 Å². The Morgan fingerprint density at radius 3 is 2.46 bits per heavy atom. The van der Waals surface area contributed by atoms with Crippen LogP contribution in [0.15, 0.2) is 52.1 Å². The fourth-order valence-electron chi connectivity index (χ4n) is 2.27. The number of methoxy groups -OCH3 is 1. The van der Waals surface area contributed by atoms with Gasteiger partial charge < -0.3 is 19.8 Å². The van der Waals surface area contributed by atoms with E-state index < -0.39 is 0 Å². The Morgan fingerprint density at radius 2 is 1.83 bits per heavy atom. The van der Waals surface area contributed by atoms with Crippen molar-refractivity contribution in [3.8, 4) is 5.75 Å². The van der Waals surface area contributed by atoms with Gasteiger partial charge in [0, 0.05) is 26.6 Å². The van der Waals surface area contributed by atoms with Gasteiger partial charge in [0.1, 0.15) is 11.5 Å². The van der Waals surface area contributed by atoms with Crippen LogP contribution in [-0.4, -0.2) is 33.2 Å². The van der Waals surface area contributed by atoms with Crippen LogP contribution < -0.4 is 15.4 Å². The van der Waals surface area contributed by atoms with E-state index in [0.717, 1.165) is 49.8 Å². The smallest absolute Gasteiger partial charge is 0.190 e. The first-order valence-corrected chi connectivity index (χ1v) is 7.91. The van der Waals surface area contributed by atoms with Gasteiger partial charge in [-0.2, -0.15) is 0 Å². The van der Waals surface area contributed by atoms with E-state index >= 15 is 0 Å². The van der Waals surface area contributed by atoms with Crippen LogP contribution in [0.25, 0.3) is 0 Å². The van der Waals surface area contributed by atoms with Gasteiger partial charge in [-0.05, 0) is 42.7 Å². The van der Waals surface area contributed by atoms with Crippen molar-refractivity contribution in [2.75, 3.05) is 27.2 Å². The first-order valence-electron chi connectivity index (χ1n) is 7.91. The zero-order chi connectivity index (χ0) is 16.3. The molecular weight excluding hydrogens is 417 g/mol. The molecular formula is C18H26IN3O2. The molecule has 0 saturated heterocycles. The number of halogens is 1. The molecule has 6 heteroatoms. The molecule has 2 aromatic rings. The number of guanidine groups is 1. The third-order valence-electron chi connectivity index (χ3n) is 3.56. The highest BCUT2D eigenvalue weighted by Crippen LogP contribution is 2.12. The van der Waals surface area contributed by atoms with Crippen LogP contribution in [0, 0.1) is 0 Å². The van der Waals surface area contributed by atoms with E-state index in [4.69, 9.17) is 9.15 Å². The number of ether oxygens (including phenoxy) is 1. The Morgan fingerprint density at radius 1 is 1.08 bits per heavy atom. The van der Waals surface area contributed by atoms with E-state index in [0.29, 0.717) is 0 Å². The molecule has 132 valence electrons. The fraction of sp³-hybridized carbons (Fsp3) is 0.389. The van der Waals surface area contributed by atoms with Crippen molar-refractivity contribution in [3.05, 3.63) is 54.0 Å². The van der Waals surface area contributed by atoms with Crippen LogP contribution in [0.3, 0.4) is 0 Å². The minimum atomic E-state index is 0. The predicted molar refractivity (Wildman–Crippen MR) is 109 cm³/mol. The van der Waals surface area contributed by atoms with E-state index in [1.807, 2.05) is 24.3 Å². The molecule has 0 fully saturated rings. The molecule has 0 radical (unpaired) electrons. The third-order valence-corrected chi connectivity index (χ3v) is 3.56. The van der Waals surface area contributed by atoms with Gasteiger partial charge in [-0.25, -0.2) is 0 Å². The second-order valence-electron chi connectivity index (χ2n) is 5.21. The molecule has 0 unspecified atom stereocenters. The second kappa shape index (κ2) is 11.8. The summed E-state index contributed by atoms with van der Waals surface area (Å²) in [6.07, 6.45) is 4.62. The van der Waals surface area contributed by atoms with E-state index in [1.165, 1.54) is 5.56 Å². The molecule has 24 heavy (non-hydrogen) atoms. The molecule has 0 aliphatic carbocycles. The van der Waals surface area contributed by atoms with Gasteiger partial charge in [-0.3, -0.25) is 4.99 Å². The van der Waals surface area contributed by atoms with Crippen molar-refractivity contribution < 1.29 is 9.15 Å². The average molecular weight is 443 g/mol. The number of aliphatic imine (C=N–C) groups is 1. The Kier molecular flexibility index (Phi) is 9.98. The van der Waals surface area contributed by atoms with Crippen LogP contribution in [0.4, 0.5) is 0 Å². The summed E-state index contributed by atoms with van der Waals surface area (Å²) < 4.78 is 10.5. The summed E-state index contributed by atoms with van der Waals surface area (Å²) in [6.45, 7) is 1.68. The van der Waals surface area contributed by atoms with E-state index in [9.17, 15) is 0 Å². The molecule has 2 N–H and O–H groups in total.